The van der Waals surface area contributed by atoms with E-state index < -0.39 is 12.6 Å². The molecule has 16 heavy (non-hydrogen) atoms. The van der Waals surface area contributed by atoms with Gasteiger partial charge in [-0.05, 0) is 12.1 Å². The summed E-state index contributed by atoms with van der Waals surface area (Å²) in [7, 11) is 0. The molecular weight excluding hydrogens is 212 g/mol. The molecule has 84 valence electrons. The average molecular weight is 222 g/mol. The Labute approximate surface area is 91.6 Å². The molecule has 0 amide bonds. The lowest BCUT2D eigenvalue weighted by molar-refractivity contribution is -0.139. The number of carboxylic acids is 1. The minimum absolute atomic E-state index is 0.0813. The van der Waals surface area contributed by atoms with E-state index in [0.717, 1.165) is 0 Å². The molecule has 0 aromatic heterocycles. The summed E-state index contributed by atoms with van der Waals surface area (Å²) in [6, 6.07) is 4.89. The van der Waals surface area contributed by atoms with Crippen molar-refractivity contribution in [1.29, 1.82) is 0 Å². The van der Waals surface area contributed by atoms with Crippen LogP contribution in [0.15, 0.2) is 18.2 Å². The van der Waals surface area contributed by atoms with E-state index in [1.807, 2.05) is 0 Å². The Hall–Kier alpha value is -2.04. The van der Waals surface area contributed by atoms with Crippen LogP contribution in [0.1, 0.15) is 16.8 Å². The van der Waals surface area contributed by atoms with Gasteiger partial charge in [-0.2, -0.15) is 0 Å². The maximum atomic E-state index is 11.6. The van der Waals surface area contributed by atoms with Crippen LogP contribution >= 0.6 is 0 Å². The first kappa shape index (κ1) is 10.5. The van der Waals surface area contributed by atoms with Gasteiger partial charge in [-0.15, -0.1) is 0 Å². The van der Waals surface area contributed by atoms with E-state index in [2.05, 4.69) is 0 Å². The highest BCUT2D eigenvalue weighted by Gasteiger charge is 2.23. The van der Waals surface area contributed by atoms with Gasteiger partial charge < -0.3 is 14.6 Å². The molecule has 5 heteroatoms. The van der Waals surface area contributed by atoms with Gasteiger partial charge in [-0.3, -0.25) is 4.79 Å². The first-order valence-electron chi connectivity index (χ1n) is 4.82. The molecule has 0 spiro atoms. The molecular formula is C11H10O5. The third kappa shape index (κ3) is 1.98. The molecule has 1 heterocycles. The third-order valence-electron chi connectivity index (χ3n) is 2.20. The van der Waals surface area contributed by atoms with E-state index in [0.29, 0.717) is 24.3 Å². The van der Waals surface area contributed by atoms with Crippen molar-refractivity contribution in [3.63, 3.8) is 0 Å². The third-order valence-corrected chi connectivity index (χ3v) is 2.20. The SMILES string of the molecule is O=C(O)COc1cccc2c1C(=O)CCO2. The molecule has 2 rings (SSSR count). The zero-order chi connectivity index (χ0) is 11.5. The molecule has 1 aromatic carbocycles. The summed E-state index contributed by atoms with van der Waals surface area (Å²) in [5, 5.41) is 8.50. The highest BCUT2D eigenvalue weighted by molar-refractivity contribution is 6.02. The zero-order valence-electron chi connectivity index (χ0n) is 8.43. The minimum atomic E-state index is -1.08. The van der Waals surface area contributed by atoms with Gasteiger partial charge in [0, 0.05) is 6.42 Å². The number of benzene rings is 1. The Balaban J connectivity index is 2.31. The van der Waals surface area contributed by atoms with E-state index in [1.54, 1.807) is 18.2 Å². The van der Waals surface area contributed by atoms with Crippen LogP contribution in [0.5, 0.6) is 11.5 Å². The van der Waals surface area contributed by atoms with Crippen molar-refractivity contribution in [1.82, 2.24) is 0 Å². The molecule has 0 saturated carbocycles. The van der Waals surface area contributed by atoms with Crippen molar-refractivity contribution in [3.8, 4) is 11.5 Å². The molecule has 1 N–H and O–H groups in total. The first-order chi connectivity index (χ1) is 7.68. The van der Waals surface area contributed by atoms with Crippen LogP contribution in [0.2, 0.25) is 0 Å². The number of fused-ring (bicyclic) bond motifs is 1. The predicted molar refractivity (Wildman–Crippen MR) is 54.0 cm³/mol. The number of ether oxygens (including phenoxy) is 2. The fourth-order valence-corrected chi connectivity index (χ4v) is 1.54. The Bertz CT molecular complexity index is 438. The Morgan fingerprint density at radius 3 is 3.06 bits per heavy atom. The summed E-state index contributed by atoms with van der Waals surface area (Å²) in [5.41, 5.74) is 0.343. The van der Waals surface area contributed by atoms with Crippen LogP contribution in [-0.4, -0.2) is 30.1 Å². The Morgan fingerprint density at radius 2 is 2.31 bits per heavy atom. The molecule has 0 fully saturated rings. The predicted octanol–water partition coefficient (Wildman–Crippen LogP) is 1.12. The molecule has 0 atom stereocenters. The average Bonchev–Trinajstić information content (AvgIpc) is 2.26. The van der Waals surface area contributed by atoms with E-state index >= 15 is 0 Å². The zero-order valence-corrected chi connectivity index (χ0v) is 8.43. The van der Waals surface area contributed by atoms with Gasteiger partial charge in [0.1, 0.15) is 17.1 Å². The van der Waals surface area contributed by atoms with Gasteiger partial charge in [0.2, 0.25) is 0 Å². The van der Waals surface area contributed by atoms with Crippen LogP contribution in [0, 0.1) is 0 Å². The second-order valence-electron chi connectivity index (χ2n) is 3.33. The van der Waals surface area contributed by atoms with E-state index in [-0.39, 0.29) is 11.5 Å². The summed E-state index contributed by atoms with van der Waals surface area (Å²) in [5.74, 6) is -0.437. The molecule has 0 radical (unpaired) electrons. The number of aliphatic carboxylic acids is 1. The van der Waals surface area contributed by atoms with Crippen LogP contribution < -0.4 is 9.47 Å². The van der Waals surface area contributed by atoms with Gasteiger partial charge in [-0.1, -0.05) is 6.07 Å². The van der Waals surface area contributed by atoms with Crippen molar-refractivity contribution in [2.24, 2.45) is 0 Å². The summed E-state index contributed by atoms with van der Waals surface area (Å²) in [6.07, 6.45) is 0.292. The van der Waals surface area contributed by atoms with Crippen LogP contribution in [0.3, 0.4) is 0 Å². The number of Topliss-reactive ketones (excluding diaryl/α,β-unsaturated/α-hetero) is 1. The van der Waals surface area contributed by atoms with Gasteiger partial charge >= 0.3 is 5.97 Å². The monoisotopic (exact) mass is 222 g/mol. The second-order valence-corrected chi connectivity index (χ2v) is 3.33. The Kier molecular flexibility index (Phi) is 2.76. The summed E-state index contributed by atoms with van der Waals surface area (Å²) in [6.45, 7) is -0.113. The highest BCUT2D eigenvalue weighted by atomic mass is 16.5. The summed E-state index contributed by atoms with van der Waals surface area (Å²) < 4.78 is 10.3. The normalized spacial score (nSPS) is 13.9. The molecule has 1 aliphatic rings. The van der Waals surface area contributed by atoms with Crippen molar-refractivity contribution >= 4 is 11.8 Å². The maximum Gasteiger partial charge on any atom is 0.341 e. The Morgan fingerprint density at radius 1 is 1.50 bits per heavy atom. The smallest absolute Gasteiger partial charge is 0.341 e. The minimum Gasteiger partial charge on any atom is -0.492 e. The number of ketones is 1. The number of carbonyl (C=O) groups is 2. The van der Waals surface area contributed by atoms with E-state index in [9.17, 15) is 9.59 Å². The lowest BCUT2D eigenvalue weighted by Gasteiger charge is -2.18. The first-order valence-corrected chi connectivity index (χ1v) is 4.82. The molecule has 1 aromatic rings. The molecule has 0 saturated heterocycles. The van der Waals surface area contributed by atoms with Crippen molar-refractivity contribution < 1.29 is 24.2 Å². The van der Waals surface area contributed by atoms with Crippen LogP contribution in [0.4, 0.5) is 0 Å². The standard InChI is InChI=1S/C11H10O5/c12-7-4-5-15-8-2-1-3-9(11(7)8)16-6-10(13)14/h1-3H,4-6H2,(H,13,14). The van der Waals surface area contributed by atoms with Gasteiger partial charge in [0.25, 0.3) is 0 Å². The maximum absolute atomic E-state index is 11.6. The van der Waals surface area contributed by atoms with Crippen LogP contribution in [0.25, 0.3) is 0 Å². The van der Waals surface area contributed by atoms with Gasteiger partial charge in [0.15, 0.2) is 12.4 Å². The second kappa shape index (κ2) is 4.22. The molecule has 1 aliphatic heterocycles. The topological polar surface area (TPSA) is 72.8 Å². The number of hydrogen-bond donors (Lipinski definition) is 1. The van der Waals surface area contributed by atoms with E-state index in [4.69, 9.17) is 14.6 Å². The molecule has 0 unspecified atom stereocenters. The largest absolute Gasteiger partial charge is 0.492 e. The number of carbonyl (C=O) groups excluding carboxylic acids is 1. The van der Waals surface area contributed by atoms with Gasteiger partial charge in [0.05, 0.1) is 6.61 Å². The molecule has 0 bridgehead atoms. The molecule has 0 aliphatic carbocycles. The number of hydrogen-bond acceptors (Lipinski definition) is 4. The lowest BCUT2D eigenvalue weighted by atomic mass is 10.0. The van der Waals surface area contributed by atoms with Crippen molar-refractivity contribution in [2.75, 3.05) is 13.2 Å². The van der Waals surface area contributed by atoms with Crippen LogP contribution in [-0.2, 0) is 4.79 Å². The fourth-order valence-electron chi connectivity index (χ4n) is 1.54. The van der Waals surface area contributed by atoms with E-state index in [1.165, 1.54) is 0 Å². The summed E-state index contributed by atoms with van der Waals surface area (Å²) in [4.78, 5) is 22.0. The van der Waals surface area contributed by atoms with Crippen molar-refractivity contribution in [2.45, 2.75) is 6.42 Å². The quantitative estimate of drug-likeness (QED) is 0.829. The highest BCUT2D eigenvalue weighted by Crippen LogP contribution is 2.32. The lowest BCUT2D eigenvalue weighted by Crippen LogP contribution is -2.18. The number of carboxylic acid groups (broad SMARTS) is 1. The molecule has 5 nitrogen and oxygen atoms in total. The fraction of sp³-hybridized carbons (Fsp3) is 0.273. The number of rotatable bonds is 3. The summed E-state index contributed by atoms with van der Waals surface area (Å²) >= 11 is 0. The van der Waals surface area contributed by atoms with Gasteiger partial charge in [-0.25, -0.2) is 4.79 Å². The van der Waals surface area contributed by atoms with Crippen molar-refractivity contribution in [3.05, 3.63) is 23.8 Å².